The van der Waals surface area contributed by atoms with Crippen molar-refractivity contribution in [2.45, 2.75) is 26.4 Å². The van der Waals surface area contributed by atoms with Crippen LogP contribution in [0, 0.1) is 6.92 Å². The number of hydrogen-bond donors (Lipinski definition) is 0. The summed E-state index contributed by atoms with van der Waals surface area (Å²) in [6.45, 7) is 6.43. The Morgan fingerprint density at radius 2 is 1.62 bits per heavy atom. The second-order valence-electron chi connectivity index (χ2n) is 7.53. The molecule has 3 aromatic carbocycles. The van der Waals surface area contributed by atoms with Crippen LogP contribution in [0.3, 0.4) is 0 Å². The van der Waals surface area contributed by atoms with Crippen molar-refractivity contribution in [3.05, 3.63) is 90.0 Å². The van der Waals surface area contributed by atoms with E-state index in [1.807, 2.05) is 66.4 Å². The summed E-state index contributed by atoms with van der Waals surface area (Å²) in [6, 6.07) is 25.8. The average Bonchev–Trinajstić information content (AvgIpc) is 2.73. The number of carbonyl (C=O) groups excluding carboxylic acids is 1. The summed E-state index contributed by atoms with van der Waals surface area (Å²) < 4.78 is 5.85. The molecule has 4 heteroatoms. The highest BCUT2D eigenvalue weighted by molar-refractivity contribution is 5.97. The lowest BCUT2D eigenvalue weighted by Crippen LogP contribution is -2.55. The number of rotatable bonds is 5. The van der Waals surface area contributed by atoms with Gasteiger partial charge >= 0.3 is 0 Å². The number of aryl methyl sites for hydroxylation is 1. The zero-order chi connectivity index (χ0) is 20.2. The van der Waals surface area contributed by atoms with E-state index in [-0.39, 0.29) is 11.9 Å². The Balaban J connectivity index is 1.42. The van der Waals surface area contributed by atoms with Gasteiger partial charge in [0, 0.05) is 25.3 Å². The molecule has 3 aromatic rings. The number of piperazine rings is 1. The number of nitrogens with zero attached hydrogens (tertiary/aromatic N) is 2. The van der Waals surface area contributed by atoms with E-state index < -0.39 is 0 Å². The first-order valence-corrected chi connectivity index (χ1v) is 10.0. The highest BCUT2D eigenvalue weighted by Gasteiger charge is 2.32. The molecule has 1 saturated heterocycles. The van der Waals surface area contributed by atoms with Gasteiger partial charge in [-0.25, -0.2) is 0 Å². The summed E-state index contributed by atoms with van der Waals surface area (Å²) in [5, 5.41) is 0. The third-order valence-corrected chi connectivity index (χ3v) is 5.38. The second-order valence-corrected chi connectivity index (χ2v) is 7.53. The Bertz CT molecular complexity index is 970. The number of ether oxygens (including phenoxy) is 1. The molecule has 4 nitrogen and oxygen atoms in total. The van der Waals surface area contributed by atoms with Crippen molar-refractivity contribution in [2.24, 2.45) is 0 Å². The molecule has 148 valence electrons. The van der Waals surface area contributed by atoms with E-state index in [0.29, 0.717) is 6.54 Å². The molecule has 1 amide bonds. The molecule has 0 aromatic heterocycles. The standard InChI is InChI=1S/C25H26N2O2/c1-19-7-6-8-21(17-19)18-26-15-16-27(25(28)20(26)2)22-11-13-24(14-12-22)29-23-9-4-3-5-10-23/h3-14,17,20H,15-16,18H2,1-2H3/t20-/m1/s1. The summed E-state index contributed by atoms with van der Waals surface area (Å²) in [4.78, 5) is 17.2. The lowest BCUT2D eigenvalue weighted by molar-refractivity contribution is -0.125. The van der Waals surface area contributed by atoms with Crippen molar-refractivity contribution >= 4 is 11.6 Å². The number of anilines is 1. The van der Waals surface area contributed by atoms with Crippen molar-refractivity contribution in [1.82, 2.24) is 4.90 Å². The number of carbonyl (C=O) groups is 1. The predicted molar refractivity (Wildman–Crippen MR) is 116 cm³/mol. The van der Waals surface area contributed by atoms with Gasteiger partial charge in [0.15, 0.2) is 0 Å². The van der Waals surface area contributed by atoms with Crippen molar-refractivity contribution in [2.75, 3.05) is 18.0 Å². The Morgan fingerprint density at radius 1 is 0.897 bits per heavy atom. The fraction of sp³-hybridized carbons (Fsp3) is 0.240. The monoisotopic (exact) mass is 386 g/mol. The van der Waals surface area contributed by atoms with Crippen molar-refractivity contribution in [3.8, 4) is 11.5 Å². The Kier molecular flexibility index (Phi) is 5.63. The summed E-state index contributed by atoms with van der Waals surface area (Å²) in [7, 11) is 0. The number of para-hydroxylation sites is 1. The molecule has 0 spiro atoms. The van der Waals surface area contributed by atoms with Gasteiger partial charge in [0.1, 0.15) is 11.5 Å². The summed E-state index contributed by atoms with van der Waals surface area (Å²) in [6.07, 6.45) is 0. The van der Waals surface area contributed by atoms with Crippen LogP contribution in [0.2, 0.25) is 0 Å². The lowest BCUT2D eigenvalue weighted by Gasteiger charge is -2.39. The molecule has 0 saturated carbocycles. The van der Waals surface area contributed by atoms with E-state index in [4.69, 9.17) is 4.74 Å². The third-order valence-electron chi connectivity index (χ3n) is 5.38. The van der Waals surface area contributed by atoms with Gasteiger partial charge in [0.25, 0.3) is 0 Å². The first-order valence-electron chi connectivity index (χ1n) is 10.0. The van der Waals surface area contributed by atoms with Gasteiger partial charge in [0.2, 0.25) is 5.91 Å². The Labute approximate surface area is 172 Å². The smallest absolute Gasteiger partial charge is 0.244 e. The maximum atomic E-state index is 13.0. The SMILES string of the molecule is Cc1cccc(CN2CCN(c3ccc(Oc4ccccc4)cc3)C(=O)[C@H]2C)c1. The van der Waals surface area contributed by atoms with E-state index in [2.05, 4.69) is 36.1 Å². The molecule has 0 aliphatic carbocycles. The Morgan fingerprint density at radius 3 is 2.34 bits per heavy atom. The van der Waals surface area contributed by atoms with Crippen molar-refractivity contribution in [1.29, 1.82) is 0 Å². The fourth-order valence-corrected chi connectivity index (χ4v) is 3.75. The first kappa shape index (κ1) is 19.2. The van der Waals surface area contributed by atoms with Gasteiger partial charge in [-0.2, -0.15) is 0 Å². The van der Waals surface area contributed by atoms with Crippen LogP contribution in [0.4, 0.5) is 5.69 Å². The molecular formula is C25H26N2O2. The zero-order valence-electron chi connectivity index (χ0n) is 16.9. The van der Waals surface area contributed by atoms with Crippen LogP contribution in [0.1, 0.15) is 18.1 Å². The molecule has 0 bridgehead atoms. The molecule has 0 radical (unpaired) electrons. The quantitative estimate of drug-likeness (QED) is 0.617. The van der Waals surface area contributed by atoms with E-state index in [1.54, 1.807) is 0 Å². The molecule has 1 aliphatic heterocycles. The van der Waals surface area contributed by atoms with E-state index in [1.165, 1.54) is 11.1 Å². The van der Waals surface area contributed by atoms with Gasteiger partial charge in [-0.15, -0.1) is 0 Å². The van der Waals surface area contributed by atoms with Gasteiger partial charge in [-0.1, -0.05) is 48.0 Å². The normalized spacial score (nSPS) is 17.4. The molecule has 4 rings (SSSR count). The molecule has 29 heavy (non-hydrogen) atoms. The molecule has 1 atom stereocenters. The zero-order valence-corrected chi connectivity index (χ0v) is 16.9. The molecule has 1 fully saturated rings. The van der Waals surface area contributed by atoms with Gasteiger partial charge in [-0.3, -0.25) is 9.69 Å². The minimum Gasteiger partial charge on any atom is -0.457 e. The minimum atomic E-state index is -0.149. The molecule has 0 N–H and O–H groups in total. The largest absolute Gasteiger partial charge is 0.457 e. The number of amides is 1. The fourth-order valence-electron chi connectivity index (χ4n) is 3.75. The summed E-state index contributed by atoms with van der Waals surface area (Å²) in [5.74, 6) is 1.70. The van der Waals surface area contributed by atoms with Gasteiger partial charge in [0.05, 0.1) is 6.04 Å². The predicted octanol–water partition coefficient (Wildman–Crippen LogP) is 5.02. The third kappa shape index (κ3) is 4.49. The average molecular weight is 386 g/mol. The van der Waals surface area contributed by atoms with Crippen LogP contribution < -0.4 is 9.64 Å². The van der Waals surface area contributed by atoms with Gasteiger partial charge in [-0.05, 0) is 55.8 Å². The summed E-state index contributed by atoms with van der Waals surface area (Å²) in [5.41, 5.74) is 3.41. The van der Waals surface area contributed by atoms with E-state index >= 15 is 0 Å². The van der Waals surface area contributed by atoms with Crippen LogP contribution in [0.15, 0.2) is 78.9 Å². The highest BCUT2D eigenvalue weighted by atomic mass is 16.5. The van der Waals surface area contributed by atoms with E-state index in [9.17, 15) is 4.79 Å². The summed E-state index contributed by atoms with van der Waals surface area (Å²) >= 11 is 0. The van der Waals surface area contributed by atoms with Crippen molar-refractivity contribution < 1.29 is 9.53 Å². The second kappa shape index (κ2) is 8.50. The Hall–Kier alpha value is -3.11. The minimum absolute atomic E-state index is 0.139. The first-order chi connectivity index (χ1) is 14.1. The number of hydrogen-bond acceptors (Lipinski definition) is 3. The van der Waals surface area contributed by atoms with Crippen molar-refractivity contribution in [3.63, 3.8) is 0 Å². The van der Waals surface area contributed by atoms with Crippen LogP contribution in [0.5, 0.6) is 11.5 Å². The van der Waals surface area contributed by atoms with Gasteiger partial charge < -0.3 is 9.64 Å². The van der Waals surface area contributed by atoms with E-state index in [0.717, 1.165) is 30.3 Å². The topological polar surface area (TPSA) is 32.8 Å². The number of benzene rings is 3. The van der Waals surface area contributed by atoms with Crippen LogP contribution in [-0.2, 0) is 11.3 Å². The van der Waals surface area contributed by atoms with Crippen LogP contribution in [-0.4, -0.2) is 29.9 Å². The lowest BCUT2D eigenvalue weighted by atomic mass is 10.1. The molecule has 1 heterocycles. The molecular weight excluding hydrogens is 360 g/mol. The maximum Gasteiger partial charge on any atom is 0.244 e. The van der Waals surface area contributed by atoms with Crippen LogP contribution >= 0.6 is 0 Å². The highest BCUT2D eigenvalue weighted by Crippen LogP contribution is 2.26. The van der Waals surface area contributed by atoms with Crippen LogP contribution in [0.25, 0.3) is 0 Å². The molecule has 0 unspecified atom stereocenters. The maximum absolute atomic E-state index is 13.0. The molecule has 1 aliphatic rings.